The number of hydrogen-bond donors (Lipinski definition) is 2. The van der Waals surface area contributed by atoms with Crippen LogP contribution in [-0.4, -0.2) is 42.1 Å². The molecule has 110 valence electrons. The maximum atomic E-state index is 12.1. The smallest absolute Gasteiger partial charge is 0.222 e. The zero-order valence-corrected chi connectivity index (χ0v) is 12.5. The normalized spacial score (nSPS) is 24.1. The summed E-state index contributed by atoms with van der Waals surface area (Å²) in [7, 11) is 0. The van der Waals surface area contributed by atoms with E-state index in [-0.39, 0.29) is 11.3 Å². The van der Waals surface area contributed by atoms with Crippen LogP contribution in [-0.2, 0) is 4.79 Å². The molecule has 0 saturated carbocycles. The summed E-state index contributed by atoms with van der Waals surface area (Å²) >= 11 is 1.55. The van der Waals surface area contributed by atoms with Crippen molar-refractivity contribution in [3.05, 3.63) is 22.4 Å². The van der Waals surface area contributed by atoms with Crippen LogP contribution in [0.1, 0.15) is 36.7 Å². The highest BCUT2D eigenvalue weighted by atomic mass is 32.1. The van der Waals surface area contributed by atoms with Gasteiger partial charge in [-0.25, -0.2) is 0 Å². The largest absolute Gasteiger partial charge is 0.386 e. The third-order valence-electron chi connectivity index (χ3n) is 4.68. The van der Waals surface area contributed by atoms with Crippen LogP contribution in [0.2, 0.25) is 0 Å². The van der Waals surface area contributed by atoms with E-state index >= 15 is 0 Å². The van der Waals surface area contributed by atoms with Crippen molar-refractivity contribution >= 4 is 17.2 Å². The predicted molar refractivity (Wildman–Crippen MR) is 79.6 cm³/mol. The van der Waals surface area contributed by atoms with Crippen LogP contribution in [0.3, 0.4) is 0 Å². The first-order valence-electron chi connectivity index (χ1n) is 7.39. The Balaban J connectivity index is 1.66. The van der Waals surface area contributed by atoms with E-state index in [1.54, 1.807) is 11.3 Å². The Morgan fingerprint density at radius 2 is 2.20 bits per heavy atom. The van der Waals surface area contributed by atoms with Gasteiger partial charge in [0.2, 0.25) is 5.91 Å². The second kappa shape index (κ2) is 5.84. The number of aliphatic hydroxyl groups is 1. The number of rotatable bonds is 3. The Labute approximate surface area is 123 Å². The Bertz CT molecular complexity index is 454. The molecule has 0 aliphatic carbocycles. The fraction of sp³-hybridized carbons (Fsp3) is 0.667. The molecule has 0 bridgehead atoms. The molecule has 4 nitrogen and oxygen atoms in total. The van der Waals surface area contributed by atoms with Gasteiger partial charge in [-0.2, -0.15) is 0 Å². The molecule has 1 spiro atoms. The van der Waals surface area contributed by atoms with Crippen molar-refractivity contribution in [1.29, 1.82) is 0 Å². The van der Waals surface area contributed by atoms with Crippen molar-refractivity contribution < 1.29 is 9.90 Å². The van der Waals surface area contributed by atoms with Crippen molar-refractivity contribution in [3.8, 4) is 0 Å². The number of carbonyl (C=O) groups excluding carboxylic acids is 1. The summed E-state index contributed by atoms with van der Waals surface area (Å²) < 4.78 is 0. The molecule has 0 unspecified atom stereocenters. The predicted octanol–water partition coefficient (Wildman–Crippen LogP) is 1.77. The molecular weight excluding hydrogens is 272 g/mol. The molecule has 3 rings (SSSR count). The van der Waals surface area contributed by atoms with Crippen molar-refractivity contribution in [2.45, 2.75) is 31.8 Å². The third kappa shape index (κ3) is 2.90. The van der Waals surface area contributed by atoms with Crippen LogP contribution >= 0.6 is 11.3 Å². The molecule has 1 aromatic rings. The SMILES string of the molecule is O=C1CCC2(CCNCC2)CN1C[C@@H](O)c1cccs1. The maximum absolute atomic E-state index is 12.1. The first-order chi connectivity index (χ1) is 9.69. The summed E-state index contributed by atoms with van der Waals surface area (Å²) in [5.74, 6) is 0.199. The van der Waals surface area contributed by atoms with Gasteiger partial charge in [0.15, 0.2) is 0 Å². The van der Waals surface area contributed by atoms with Gasteiger partial charge >= 0.3 is 0 Å². The second-order valence-electron chi connectivity index (χ2n) is 6.06. The number of carbonyl (C=O) groups is 1. The molecule has 2 aliphatic heterocycles. The number of amides is 1. The topological polar surface area (TPSA) is 52.6 Å². The lowest BCUT2D eigenvalue weighted by Crippen LogP contribution is -2.51. The lowest BCUT2D eigenvalue weighted by Gasteiger charge is -2.45. The van der Waals surface area contributed by atoms with Crippen molar-refractivity contribution in [3.63, 3.8) is 0 Å². The highest BCUT2D eigenvalue weighted by Crippen LogP contribution is 2.39. The monoisotopic (exact) mass is 294 g/mol. The molecule has 1 atom stereocenters. The molecule has 2 saturated heterocycles. The standard InChI is InChI=1S/C15H22N2O2S/c18-12(13-2-1-9-20-13)10-17-11-15(4-3-14(17)19)5-7-16-8-6-15/h1-2,9,12,16,18H,3-8,10-11H2/t12-/m1/s1. The number of aliphatic hydroxyl groups excluding tert-OH is 1. The summed E-state index contributed by atoms with van der Waals surface area (Å²) in [6.45, 7) is 3.36. The van der Waals surface area contributed by atoms with Crippen LogP contribution in [0, 0.1) is 5.41 Å². The summed E-state index contributed by atoms with van der Waals surface area (Å²) in [6.07, 6.45) is 3.39. The van der Waals surface area contributed by atoms with E-state index in [1.165, 1.54) is 0 Å². The highest BCUT2D eigenvalue weighted by molar-refractivity contribution is 7.10. The van der Waals surface area contributed by atoms with Gasteiger partial charge in [0.1, 0.15) is 6.10 Å². The first kappa shape index (κ1) is 14.0. The molecule has 1 aromatic heterocycles. The van der Waals surface area contributed by atoms with Crippen molar-refractivity contribution in [2.24, 2.45) is 5.41 Å². The van der Waals surface area contributed by atoms with Gasteiger partial charge in [-0.15, -0.1) is 11.3 Å². The number of nitrogens with zero attached hydrogens (tertiary/aromatic N) is 1. The minimum atomic E-state index is -0.546. The van der Waals surface area contributed by atoms with E-state index in [9.17, 15) is 9.90 Å². The molecular formula is C15H22N2O2S. The van der Waals surface area contributed by atoms with E-state index in [4.69, 9.17) is 0 Å². The first-order valence-corrected chi connectivity index (χ1v) is 8.27. The molecule has 2 aliphatic rings. The fourth-order valence-corrected chi connectivity index (χ4v) is 4.12. The molecule has 5 heteroatoms. The second-order valence-corrected chi connectivity index (χ2v) is 7.03. The number of hydrogen-bond acceptors (Lipinski definition) is 4. The quantitative estimate of drug-likeness (QED) is 0.893. The Kier molecular flexibility index (Phi) is 4.10. The zero-order chi connectivity index (χ0) is 14.0. The van der Waals surface area contributed by atoms with Gasteiger partial charge in [0, 0.05) is 17.8 Å². The molecule has 2 fully saturated rings. The summed E-state index contributed by atoms with van der Waals surface area (Å²) in [5, 5.41) is 15.6. The molecule has 0 radical (unpaired) electrons. The molecule has 1 amide bonds. The van der Waals surface area contributed by atoms with E-state index in [0.717, 1.165) is 43.8 Å². The zero-order valence-electron chi connectivity index (χ0n) is 11.7. The number of likely N-dealkylation sites (tertiary alicyclic amines) is 1. The van der Waals surface area contributed by atoms with Gasteiger partial charge in [-0.1, -0.05) is 6.07 Å². The Morgan fingerprint density at radius 1 is 1.40 bits per heavy atom. The Hall–Kier alpha value is -0.910. The van der Waals surface area contributed by atoms with Crippen LogP contribution in [0.4, 0.5) is 0 Å². The average molecular weight is 294 g/mol. The van der Waals surface area contributed by atoms with Gasteiger partial charge in [0.25, 0.3) is 0 Å². The van der Waals surface area contributed by atoms with Gasteiger partial charge < -0.3 is 15.3 Å². The molecule has 2 N–H and O–H groups in total. The number of β-amino-alcohol motifs (C(OH)–C–C–N with tert-alkyl or cyclic N) is 1. The molecule has 0 aromatic carbocycles. The van der Waals surface area contributed by atoms with E-state index in [1.807, 2.05) is 22.4 Å². The third-order valence-corrected chi connectivity index (χ3v) is 5.65. The lowest BCUT2D eigenvalue weighted by atomic mass is 9.72. The minimum Gasteiger partial charge on any atom is -0.386 e. The number of piperidine rings is 2. The van der Waals surface area contributed by atoms with Crippen LogP contribution < -0.4 is 5.32 Å². The minimum absolute atomic E-state index is 0.199. The highest BCUT2D eigenvalue weighted by Gasteiger charge is 2.39. The van der Waals surface area contributed by atoms with Crippen molar-refractivity contribution in [2.75, 3.05) is 26.2 Å². The van der Waals surface area contributed by atoms with E-state index < -0.39 is 6.10 Å². The molecule has 20 heavy (non-hydrogen) atoms. The fourth-order valence-electron chi connectivity index (χ4n) is 3.41. The van der Waals surface area contributed by atoms with Gasteiger partial charge in [0.05, 0.1) is 6.54 Å². The molecule has 3 heterocycles. The van der Waals surface area contributed by atoms with Crippen LogP contribution in [0.25, 0.3) is 0 Å². The van der Waals surface area contributed by atoms with E-state index in [2.05, 4.69) is 5.32 Å². The van der Waals surface area contributed by atoms with Gasteiger partial charge in [-0.3, -0.25) is 4.79 Å². The summed E-state index contributed by atoms with van der Waals surface area (Å²) in [4.78, 5) is 15.0. The number of thiophene rings is 1. The summed E-state index contributed by atoms with van der Waals surface area (Å²) in [6, 6.07) is 3.87. The van der Waals surface area contributed by atoms with E-state index in [0.29, 0.717) is 13.0 Å². The lowest BCUT2D eigenvalue weighted by molar-refractivity contribution is -0.140. The number of nitrogens with one attached hydrogen (secondary N) is 1. The van der Waals surface area contributed by atoms with Crippen LogP contribution in [0.5, 0.6) is 0 Å². The van der Waals surface area contributed by atoms with Crippen LogP contribution in [0.15, 0.2) is 17.5 Å². The summed E-state index contributed by atoms with van der Waals surface area (Å²) in [5.41, 5.74) is 0.286. The van der Waals surface area contributed by atoms with Crippen molar-refractivity contribution in [1.82, 2.24) is 10.2 Å². The maximum Gasteiger partial charge on any atom is 0.222 e. The Morgan fingerprint density at radius 3 is 2.90 bits per heavy atom. The van der Waals surface area contributed by atoms with Gasteiger partial charge in [-0.05, 0) is 49.2 Å². The average Bonchev–Trinajstić information content (AvgIpc) is 2.98.